The first-order valence-electron chi connectivity index (χ1n) is 7.49. The fourth-order valence-electron chi connectivity index (χ4n) is 2.47. The lowest BCUT2D eigenvalue weighted by atomic mass is 10.1. The summed E-state index contributed by atoms with van der Waals surface area (Å²) in [6, 6.07) is 8.86. The van der Waals surface area contributed by atoms with E-state index in [1.807, 2.05) is 0 Å². The quantitative estimate of drug-likeness (QED) is 0.737. The van der Waals surface area contributed by atoms with Crippen LogP contribution in [0.15, 0.2) is 30.5 Å². The Morgan fingerprint density at radius 2 is 2.05 bits per heavy atom. The SMILES string of the molecule is CCCNCc1cccc2ccn(CCC(C)C)c12. The smallest absolute Gasteiger partial charge is 0.0525 e. The Morgan fingerprint density at radius 3 is 2.79 bits per heavy atom. The number of rotatable bonds is 7. The molecule has 1 aromatic heterocycles. The van der Waals surface area contributed by atoms with Crippen LogP contribution in [0.3, 0.4) is 0 Å². The summed E-state index contributed by atoms with van der Waals surface area (Å²) in [5, 5.41) is 4.87. The van der Waals surface area contributed by atoms with Crippen LogP contribution in [0.2, 0.25) is 0 Å². The van der Waals surface area contributed by atoms with Crippen LogP contribution >= 0.6 is 0 Å². The van der Waals surface area contributed by atoms with Crippen molar-refractivity contribution < 1.29 is 0 Å². The summed E-state index contributed by atoms with van der Waals surface area (Å²) in [6.07, 6.45) is 4.65. The lowest BCUT2D eigenvalue weighted by molar-refractivity contribution is 0.523. The van der Waals surface area contributed by atoms with E-state index < -0.39 is 0 Å². The normalized spacial score (nSPS) is 11.6. The van der Waals surface area contributed by atoms with Gasteiger partial charge in [0.1, 0.15) is 0 Å². The Bertz CT molecular complexity index is 511. The van der Waals surface area contributed by atoms with E-state index in [2.05, 4.69) is 61.1 Å². The zero-order chi connectivity index (χ0) is 13.7. The van der Waals surface area contributed by atoms with Crippen molar-refractivity contribution in [3.63, 3.8) is 0 Å². The highest BCUT2D eigenvalue weighted by atomic mass is 15.0. The van der Waals surface area contributed by atoms with E-state index >= 15 is 0 Å². The van der Waals surface area contributed by atoms with Crippen LogP contribution < -0.4 is 5.32 Å². The molecule has 2 heteroatoms. The van der Waals surface area contributed by atoms with Gasteiger partial charge in [-0.2, -0.15) is 0 Å². The molecule has 2 nitrogen and oxygen atoms in total. The van der Waals surface area contributed by atoms with Gasteiger partial charge in [0.2, 0.25) is 0 Å². The maximum Gasteiger partial charge on any atom is 0.0525 e. The lowest BCUT2D eigenvalue weighted by Crippen LogP contribution is -2.14. The van der Waals surface area contributed by atoms with Gasteiger partial charge in [0.15, 0.2) is 0 Å². The van der Waals surface area contributed by atoms with E-state index in [1.54, 1.807) is 0 Å². The second kappa shape index (κ2) is 6.76. The Hall–Kier alpha value is -1.28. The third-order valence-electron chi connectivity index (χ3n) is 3.56. The number of hydrogen-bond donors (Lipinski definition) is 1. The number of para-hydroxylation sites is 1. The average Bonchev–Trinajstić information content (AvgIpc) is 2.81. The number of nitrogens with one attached hydrogen (secondary N) is 1. The van der Waals surface area contributed by atoms with Crippen LogP contribution in [-0.2, 0) is 13.1 Å². The van der Waals surface area contributed by atoms with E-state index in [9.17, 15) is 0 Å². The zero-order valence-electron chi connectivity index (χ0n) is 12.4. The van der Waals surface area contributed by atoms with Crippen molar-refractivity contribution in [2.75, 3.05) is 6.54 Å². The predicted octanol–water partition coefficient (Wildman–Crippen LogP) is 4.19. The highest BCUT2D eigenvalue weighted by molar-refractivity contribution is 5.83. The van der Waals surface area contributed by atoms with Gasteiger partial charge < -0.3 is 9.88 Å². The molecule has 0 amide bonds. The zero-order valence-corrected chi connectivity index (χ0v) is 12.4. The molecule has 1 N–H and O–H groups in total. The summed E-state index contributed by atoms with van der Waals surface area (Å²) in [5.41, 5.74) is 2.83. The molecule has 1 heterocycles. The first kappa shape index (κ1) is 14.1. The molecule has 0 bridgehead atoms. The minimum Gasteiger partial charge on any atom is -0.347 e. The molecule has 0 aliphatic rings. The van der Waals surface area contributed by atoms with Crippen molar-refractivity contribution in [1.29, 1.82) is 0 Å². The van der Waals surface area contributed by atoms with Crippen molar-refractivity contribution in [1.82, 2.24) is 9.88 Å². The van der Waals surface area contributed by atoms with Gasteiger partial charge in [-0.1, -0.05) is 39.0 Å². The highest BCUT2D eigenvalue weighted by Crippen LogP contribution is 2.21. The number of hydrogen-bond acceptors (Lipinski definition) is 1. The molecular weight excluding hydrogens is 232 g/mol. The highest BCUT2D eigenvalue weighted by Gasteiger charge is 2.06. The molecule has 2 aromatic rings. The Labute approximate surface area is 116 Å². The predicted molar refractivity (Wildman–Crippen MR) is 83.4 cm³/mol. The van der Waals surface area contributed by atoms with Crippen LogP contribution in [-0.4, -0.2) is 11.1 Å². The van der Waals surface area contributed by atoms with Gasteiger partial charge in [-0.3, -0.25) is 0 Å². The van der Waals surface area contributed by atoms with Gasteiger partial charge in [0.25, 0.3) is 0 Å². The van der Waals surface area contributed by atoms with Gasteiger partial charge in [-0.25, -0.2) is 0 Å². The minimum atomic E-state index is 0.753. The topological polar surface area (TPSA) is 17.0 Å². The van der Waals surface area contributed by atoms with Gasteiger partial charge in [0, 0.05) is 19.3 Å². The van der Waals surface area contributed by atoms with Crippen LogP contribution in [0, 0.1) is 5.92 Å². The van der Waals surface area contributed by atoms with Crippen LogP contribution in [0.4, 0.5) is 0 Å². The number of aryl methyl sites for hydroxylation is 1. The van der Waals surface area contributed by atoms with E-state index in [1.165, 1.54) is 29.3 Å². The molecule has 2 rings (SSSR count). The largest absolute Gasteiger partial charge is 0.347 e. The molecule has 0 atom stereocenters. The minimum absolute atomic E-state index is 0.753. The molecule has 0 aliphatic carbocycles. The molecule has 0 aliphatic heterocycles. The van der Waals surface area contributed by atoms with Crippen molar-refractivity contribution >= 4 is 10.9 Å². The van der Waals surface area contributed by atoms with Crippen LogP contribution in [0.1, 0.15) is 39.2 Å². The molecule has 0 unspecified atom stereocenters. The molecule has 0 radical (unpaired) electrons. The van der Waals surface area contributed by atoms with Gasteiger partial charge in [0.05, 0.1) is 5.52 Å². The number of nitrogens with zero attached hydrogens (tertiary/aromatic N) is 1. The number of fused-ring (bicyclic) bond motifs is 1. The van der Waals surface area contributed by atoms with Crippen molar-refractivity contribution in [3.05, 3.63) is 36.0 Å². The molecule has 0 saturated heterocycles. The third kappa shape index (κ3) is 3.60. The Morgan fingerprint density at radius 1 is 1.21 bits per heavy atom. The second-order valence-corrected chi connectivity index (χ2v) is 5.72. The number of aromatic nitrogens is 1. The first-order valence-corrected chi connectivity index (χ1v) is 7.49. The molecule has 0 spiro atoms. The Balaban J connectivity index is 2.22. The van der Waals surface area contributed by atoms with Crippen molar-refractivity contribution in [2.45, 2.75) is 46.7 Å². The van der Waals surface area contributed by atoms with Crippen LogP contribution in [0.5, 0.6) is 0 Å². The molecular formula is C17H26N2. The maximum atomic E-state index is 3.51. The van der Waals surface area contributed by atoms with Gasteiger partial charge in [-0.05, 0) is 42.3 Å². The van der Waals surface area contributed by atoms with E-state index in [0.29, 0.717) is 0 Å². The van der Waals surface area contributed by atoms with E-state index in [4.69, 9.17) is 0 Å². The summed E-state index contributed by atoms with van der Waals surface area (Å²) >= 11 is 0. The summed E-state index contributed by atoms with van der Waals surface area (Å²) in [5.74, 6) is 0.753. The average molecular weight is 258 g/mol. The standard InChI is InChI=1S/C17H26N2/c1-4-10-18-13-16-7-5-6-15-9-12-19(17(15)16)11-8-14(2)3/h5-7,9,12,14,18H,4,8,10-11,13H2,1-3H3. The van der Waals surface area contributed by atoms with Crippen molar-refractivity contribution in [3.8, 4) is 0 Å². The second-order valence-electron chi connectivity index (χ2n) is 5.72. The Kier molecular flexibility index (Phi) is 5.03. The molecule has 104 valence electrons. The van der Waals surface area contributed by atoms with Crippen molar-refractivity contribution in [2.24, 2.45) is 5.92 Å². The monoisotopic (exact) mass is 258 g/mol. The maximum absolute atomic E-state index is 3.51. The lowest BCUT2D eigenvalue weighted by Gasteiger charge is -2.12. The first-order chi connectivity index (χ1) is 9.22. The molecule has 0 saturated carbocycles. The van der Waals surface area contributed by atoms with E-state index in [0.717, 1.165) is 25.6 Å². The molecule has 0 fully saturated rings. The molecule has 19 heavy (non-hydrogen) atoms. The fraction of sp³-hybridized carbons (Fsp3) is 0.529. The molecule has 1 aromatic carbocycles. The van der Waals surface area contributed by atoms with E-state index in [-0.39, 0.29) is 0 Å². The fourth-order valence-corrected chi connectivity index (χ4v) is 2.47. The van der Waals surface area contributed by atoms with Crippen LogP contribution in [0.25, 0.3) is 10.9 Å². The number of benzene rings is 1. The summed E-state index contributed by atoms with van der Waals surface area (Å²) in [7, 11) is 0. The summed E-state index contributed by atoms with van der Waals surface area (Å²) in [6.45, 7) is 9.95. The summed E-state index contributed by atoms with van der Waals surface area (Å²) < 4.78 is 2.41. The third-order valence-corrected chi connectivity index (χ3v) is 3.56. The van der Waals surface area contributed by atoms with Gasteiger partial charge in [-0.15, -0.1) is 0 Å². The van der Waals surface area contributed by atoms with Gasteiger partial charge >= 0.3 is 0 Å². The summed E-state index contributed by atoms with van der Waals surface area (Å²) in [4.78, 5) is 0.